The molecule has 10 rings (SSSR count). The standard InChI is InChI=1S/C43H48N6O4SSi/c1-26-30(17-45-49(26)25-42-20-40(5)19-41(6,21-42)23-43(22-40,24-42)53-39(2,3)4)28-12-13-33(46-34(28)36(50)51)48-16-14-27-9-7-10-29(31(27)18-48)37(52)55-38-47-35-32(54-38)11-8-15-44-35/h7-13,15,17H,14,16,18-25H2,1-6H3,(H,50,51). The predicted molar refractivity (Wildman–Crippen MR) is 215 cm³/mol. The summed E-state index contributed by atoms with van der Waals surface area (Å²) in [5, 5.41) is 15.5. The molecular weight excluding hydrogens is 725 g/mol. The van der Waals surface area contributed by atoms with Crippen molar-refractivity contribution in [2.24, 2.45) is 16.2 Å². The van der Waals surface area contributed by atoms with Gasteiger partial charge in [-0.15, -0.1) is 11.3 Å². The monoisotopic (exact) mass is 772 g/mol. The molecule has 12 heteroatoms. The number of rotatable bonds is 9. The highest BCUT2D eigenvalue weighted by molar-refractivity contribution is 7.29. The van der Waals surface area contributed by atoms with E-state index in [4.69, 9.17) is 14.8 Å². The van der Waals surface area contributed by atoms with E-state index in [2.05, 4.69) is 67.2 Å². The second-order valence-electron chi connectivity index (χ2n) is 18.7. The van der Waals surface area contributed by atoms with E-state index in [1.165, 1.54) is 17.8 Å². The van der Waals surface area contributed by atoms with Gasteiger partial charge < -0.3 is 19.5 Å². The molecule has 1 aliphatic heterocycles. The molecule has 55 heavy (non-hydrogen) atoms. The Morgan fingerprint density at radius 2 is 1.75 bits per heavy atom. The van der Waals surface area contributed by atoms with Crippen molar-refractivity contribution in [1.29, 1.82) is 0 Å². The zero-order chi connectivity index (χ0) is 38.5. The van der Waals surface area contributed by atoms with E-state index < -0.39 is 5.97 Å². The molecular formula is C43H48N6O4SSi. The number of anilines is 1. The number of carbonyl (C=O) groups excluding carboxylic acids is 1. The summed E-state index contributed by atoms with van der Waals surface area (Å²) in [5.41, 5.74) is 5.95. The van der Waals surface area contributed by atoms with Gasteiger partial charge >= 0.3 is 5.97 Å². The quantitative estimate of drug-likeness (QED) is 0.151. The first-order chi connectivity index (χ1) is 26.0. The first-order valence-corrected chi connectivity index (χ1v) is 21.2. The highest BCUT2D eigenvalue weighted by Crippen LogP contribution is 2.72. The minimum absolute atomic E-state index is 0.00796. The number of carboxylic acid groups (broad SMARTS) is 1. The summed E-state index contributed by atoms with van der Waals surface area (Å²) in [6, 6.07) is 13.6. The Hall–Kier alpha value is -4.26. The first-order valence-electron chi connectivity index (χ1n) is 19.4. The number of carbonyl (C=O) groups is 2. The van der Waals surface area contributed by atoms with Crippen LogP contribution in [0, 0.1) is 23.2 Å². The molecule has 4 fully saturated rings. The molecule has 0 spiro atoms. The molecule has 0 amide bonds. The molecule has 5 aromatic rings. The van der Waals surface area contributed by atoms with Gasteiger partial charge in [0.1, 0.15) is 11.2 Å². The second-order valence-corrected chi connectivity index (χ2v) is 21.2. The number of carboxylic acids is 1. The third-order valence-electron chi connectivity index (χ3n) is 12.4. The van der Waals surface area contributed by atoms with Crippen molar-refractivity contribution < 1.29 is 19.4 Å². The Bertz CT molecular complexity index is 2320. The molecule has 4 aromatic heterocycles. The maximum Gasteiger partial charge on any atom is 0.355 e. The van der Waals surface area contributed by atoms with Crippen LogP contribution in [0.1, 0.15) is 111 Å². The minimum Gasteiger partial charge on any atom is -0.476 e. The van der Waals surface area contributed by atoms with E-state index in [9.17, 15) is 14.7 Å². The Kier molecular flexibility index (Phi) is 8.35. The van der Waals surface area contributed by atoms with Gasteiger partial charge in [-0.05, 0) is 124 Å². The normalized spacial score (nSPS) is 27.1. The van der Waals surface area contributed by atoms with Crippen molar-refractivity contribution >= 4 is 53.0 Å². The van der Waals surface area contributed by atoms with Crippen LogP contribution in [-0.2, 0) is 24.2 Å². The number of hydrogen-bond donors (Lipinski definition) is 1. The highest BCUT2D eigenvalue weighted by Gasteiger charge is 2.66. The lowest BCUT2D eigenvalue weighted by atomic mass is 9.39. The van der Waals surface area contributed by atoms with Crippen LogP contribution in [0.25, 0.3) is 21.5 Å². The third kappa shape index (κ3) is 6.63. The summed E-state index contributed by atoms with van der Waals surface area (Å²) in [7, 11) is -0.107. The summed E-state index contributed by atoms with van der Waals surface area (Å²) in [6.45, 7) is 15.4. The van der Waals surface area contributed by atoms with E-state index in [0.717, 1.165) is 76.8 Å². The number of aromatic carboxylic acids is 1. The van der Waals surface area contributed by atoms with Crippen LogP contribution in [0.15, 0.2) is 54.9 Å². The van der Waals surface area contributed by atoms with Crippen molar-refractivity contribution in [2.45, 2.75) is 111 Å². The van der Waals surface area contributed by atoms with Gasteiger partial charge in [0.25, 0.3) is 0 Å². The first kappa shape index (κ1) is 36.4. The van der Waals surface area contributed by atoms with Crippen LogP contribution >= 0.6 is 11.3 Å². The average Bonchev–Trinajstić information content (AvgIpc) is 3.66. The number of thiazole rings is 1. The van der Waals surface area contributed by atoms with Crippen LogP contribution in [0.5, 0.6) is 0 Å². The molecule has 2 unspecified atom stereocenters. The van der Waals surface area contributed by atoms with E-state index in [0.29, 0.717) is 35.7 Å². The maximum atomic E-state index is 13.7. The summed E-state index contributed by atoms with van der Waals surface area (Å²) in [5.74, 6) is -0.495. The number of nitrogens with zero attached hydrogens (tertiary/aromatic N) is 6. The summed E-state index contributed by atoms with van der Waals surface area (Å²) >= 11 is 1.51. The Labute approximate surface area is 328 Å². The van der Waals surface area contributed by atoms with E-state index in [1.54, 1.807) is 6.20 Å². The Morgan fingerprint density at radius 1 is 0.964 bits per heavy atom. The largest absolute Gasteiger partial charge is 0.476 e. The van der Waals surface area contributed by atoms with Crippen molar-refractivity contribution in [3.05, 3.63) is 82.9 Å². The van der Waals surface area contributed by atoms with Crippen LogP contribution in [-0.4, -0.2) is 68.5 Å². The molecule has 1 aromatic carbocycles. The van der Waals surface area contributed by atoms with Gasteiger partial charge in [0.05, 0.1) is 26.7 Å². The molecule has 5 aliphatic rings. The topological polar surface area (TPSA) is 123 Å². The summed E-state index contributed by atoms with van der Waals surface area (Å²) in [4.78, 5) is 42.4. The zero-order valence-electron chi connectivity index (χ0n) is 32.5. The van der Waals surface area contributed by atoms with E-state index in [-0.39, 0.29) is 48.1 Å². The fourth-order valence-electron chi connectivity index (χ4n) is 11.9. The predicted octanol–water partition coefficient (Wildman–Crippen LogP) is 7.62. The van der Waals surface area contributed by atoms with Crippen LogP contribution in [0.2, 0.25) is 0 Å². The Morgan fingerprint density at radius 3 is 2.47 bits per heavy atom. The van der Waals surface area contributed by atoms with Crippen LogP contribution in [0.4, 0.5) is 5.82 Å². The number of benzene rings is 1. The lowest BCUT2D eigenvalue weighted by molar-refractivity contribution is -0.275. The smallest absolute Gasteiger partial charge is 0.355 e. The number of ether oxygens (including phenoxy) is 1. The van der Waals surface area contributed by atoms with Crippen molar-refractivity contribution in [3.8, 4) is 11.1 Å². The van der Waals surface area contributed by atoms with Crippen molar-refractivity contribution in [3.63, 3.8) is 0 Å². The molecule has 284 valence electrons. The average molecular weight is 773 g/mol. The molecule has 0 saturated heterocycles. The van der Waals surface area contributed by atoms with Crippen LogP contribution < -0.4 is 9.53 Å². The van der Waals surface area contributed by atoms with Gasteiger partial charge in [-0.25, -0.2) is 19.7 Å². The number of aromatic nitrogens is 5. The fourth-order valence-corrected chi connectivity index (χ4v) is 14.1. The molecule has 4 aliphatic carbocycles. The van der Waals surface area contributed by atoms with Crippen LogP contribution in [0.3, 0.4) is 0 Å². The van der Waals surface area contributed by atoms with Gasteiger partial charge in [-0.3, -0.25) is 4.68 Å². The number of fused-ring (bicyclic) bond motifs is 2. The van der Waals surface area contributed by atoms with Crippen molar-refractivity contribution in [2.75, 3.05) is 11.4 Å². The molecule has 10 nitrogen and oxygen atoms in total. The third-order valence-corrected chi connectivity index (χ3v) is 14.6. The van der Waals surface area contributed by atoms with Gasteiger partial charge in [0, 0.05) is 48.2 Å². The van der Waals surface area contributed by atoms with Crippen molar-refractivity contribution in [1.82, 2.24) is 24.7 Å². The van der Waals surface area contributed by atoms with E-state index in [1.807, 2.05) is 42.6 Å². The second kappa shape index (κ2) is 12.6. The van der Waals surface area contributed by atoms with Gasteiger partial charge in [-0.1, -0.05) is 32.0 Å². The fraction of sp³-hybridized carbons (Fsp3) is 0.488. The van der Waals surface area contributed by atoms with Gasteiger partial charge in [-0.2, -0.15) is 5.10 Å². The molecule has 2 radical (unpaired) electrons. The summed E-state index contributed by atoms with van der Waals surface area (Å²) < 4.78 is 10.8. The lowest BCUT2D eigenvalue weighted by Crippen LogP contribution is -2.65. The minimum atomic E-state index is -1.08. The molecule has 5 heterocycles. The molecule has 4 saturated carbocycles. The summed E-state index contributed by atoms with van der Waals surface area (Å²) in [6.07, 6.45) is 11.1. The molecule has 4 bridgehead atoms. The SMILES string of the molecule is Cc1c(-c2ccc(N3CCc4cccc(C(=O)[Si]c5nc6ncccc6s5)c4C3)nc2C(=O)O)cnn1CC12CC3(C)CC(C)(C1)CC(OC(C)(C)C)(C3)C2. The van der Waals surface area contributed by atoms with Gasteiger partial charge in [0.15, 0.2) is 11.3 Å². The Balaban J connectivity index is 0.974. The maximum absolute atomic E-state index is 13.7. The van der Waals surface area contributed by atoms with Gasteiger partial charge in [0.2, 0.25) is 9.52 Å². The molecule has 1 N–H and O–H groups in total. The zero-order valence-corrected chi connectivity index (χ0v) is 34.3. The molecule has 2 atom stereocenters. The number of pyridine rings is 2. The lowest BCUT2D eigenvalue weighted by Gasteiger charge is -2.70. The highest BCUT2D eigenvalue weighted by atomic mass is 32.1. The van der Waals surface area contributed by atoms with E-state index >= 15 is 0 Å². The number of hydrogen-bond acceptors (Lipinski definition) is 9.